The van der Waals surface area contributed by atoms with E-state index < -0.39 is 0 Å². The minimum Gasteiger partial charge on any atom is -0.294 e. The van der Waals surface area contributed by atoms with Crippen LogP contribution in [0.2, 0.25) is 0 Å². The summed E-state index contributed by atoms with van der Waals surface area (Å²) in [4.78, 5) is 0. The molecule has 0 atom stereocenters. The fourth-order valence-electron chi connectivity index (χ4n) is 8.92. The van der Waals surface area contributed by atoms with Crippen LogP contribution in [0.1, 0.15) is 0 Å². The van der Waals surface area contributed by atoms with Crippen LogP contribution < -0.4 is 0 Å². The maximum Gasteiger partial charge on any atom is 0.123 e. The Hall–Kier alpha value is -7.56. The first-order valence-electron chi connectivity index (χ1n) is 19.2. The third-order valence-corrected chi connectivity index (χ3v) is 11.6. The number of fused-ring (bicyclic) bond motifs is 10. The highest BCUT2D eigenvalue weighted by atomic mass is 15.1. The molecule has 8 aromatic carbocycles. The van der Waals surface area contributed by atoms with E-state index in [-0.39, 0.29) is 0 Å². The number of para-hydroxylation sites is 4. The summed E-state index contributed by atoms with van der Waals surface area (Å²) in [5.74, 6) is 0. The van der Waals surface area contributed by atoms with Crippen molar-refractivity contribution in [3.8, 4) is 44.8 Å². The summed E-state index contributed by atoms with van der Waals surface area (Å²) in [5.41, 5.74) is 19.0. The lowest BCUT2D eigenvalue weighted by Crippen LogP contribution is -1.93. The van der Waals surface area contributed by atoms with Crippen molar-refractivity contribution in [2.45, 2.75) is 0 Å². The minimum absolute atomic E-state index is 1.15. The average Bonchev–Trinajstić information content (AvgIpc) is 4.00. The Balaban J connectivity index is 0.981. The topological polar surface area (TPSA) is 18.7 Å². The quantitative estimate of drug-likeness (QED) is 0.169. The standard InChI is InChI=1S/C52H34N4/c1-3-11-35(12-4-1)37-21-26-43(27-22-37)53-47-16-8-10-18-49(47)56-50-32-40(19-20-41(50)33-51(53)56)39-25-30-45-42(31-39)34-52-54(46-15-7-9-17-48(46)55(45)52)44-28-23-38(24-29-44)36-13-5-2-6-14-36/h1-34H. The largest absolute Gasteiger partial charge is 0.294 e. The first kappa shape index (κ1) is 30.9. The molecule has 0 aliphatic carbocycles. The lowest BCUT2D eigenvalue weighted by Gasteiger charge is -2.08. The zero-order valence-electron chi connectivity index (χ0n) is 30.4. The van der Waals surface area contributed by atoms with Crippen molar-refractivity contribution in [3.05, 3.63) is 206 Å². The van der Waals surface area contributed by atoms with E-state index in [1.54, 1.807) is 0 Å². The number of nitrogens with zero attached hydrogens (tertiary/aromatic N) is 4. The molecule has 0 bridgehead atoms. The van der Waals surface area contributed by atoms with Crippen LogP contribution in [0.25, 0.3) is 99.9 Å². The first-order valence-corrected chi connectivity index (χ1v) is 19.2. The molecule has 56 heavy (non-hydrogen) atoms. The molecule has 0 radical (unpaired) electrons. The van der Waals surface area contributed by atoms with Gasteiger partial charge in [-0.25, -0.2) is 0 Å². The third kappa shape index (κ3) is 4.60. The predicted octanol–water partition coefficient (Wildman–Crippen LogP) is 13.4. The van der Waals surface area contributed by atoms with Crippen molar-refractivity contribution in [1.82, 2.24) is 17.9 Å². The van der Waals surface area contributed by atoms with Crippen molar-refractivity contribution in [1.29, 1.82) is 0 Å². The lowest BCUT2D eigenvalue weighted by molar-refractivity contribution is 1.15. The van der Waals surface area contributed by atoms with E-state index in [4.69, 9.17) is 0 Å². The molecule has 0 amide bonds. The average molecular weight is 715 g/mol. The Labute approximate surface area is 323 Å². The zero-order valence-corrected chi connectivity index (χ0v) is 30.4. The van der Waals surface area contributed by atoms with Crippen molar-refractivity contribution >= 4 is 55.2 Å². The van der Waals surface area contributed by atoms with E-state index in [0.717, 1.165) is 22.7 Å². The van der Waals surface area contributed by atoms with E-state index in [1.807, 2.05) is 0 Å². The summed E-state index contributed by atoms with van der Waals surface area (Å²) < 4.78 is 9.60. The van der Waals surface area contributed by atoms with Crippen molar-refractivity contribution in [2.75, 3.05) is 0 Å². The number of benzene rings is 8. The Bertz CT molecular complexity index is 3430. The molecule has 0 N–H and O–H groups in total. The Morgan fingerprint density at radius 3 is 1.20 bits per heavy atom. The van der Waals surface area contributed by atoms with Crippen molar-refractivity contribution < 1.29 is 0 Å². The lowest BCUT2D eigenvalue weighted by atomic mass is 10.0. The van der Waals surface area contributed by atoms with Gasteiger partial charge in [0.2, 0.25) is 0 Å². The Morgan fingerprint density at radius 1 is 0.232 bits per heavy atom. The van der Waals surface area contributed by atoms with Crippen LogP contribution in [0.3, 0.4) is 0 Å². The highest BCUT2D eigenvalue weighted by Gasteiger charge is 2.19. The van der Waals surface area contributed by atoms with E-state index in [0.29, 0.717) is 0 Å². The highest BCUT2D eigenvalue weighted by molar-refractivity contribution is 6.00. The SMILES string of the molecule is c1ccc(-c2ccc(-n3c4ccccc4n4c5ccc(-c6ccc7cc8n(-c9ccc(-c%10ccccc%10)cc9)c9ccccc9n8c7c6)cc5cc34)cc2)cc1. The summed E-state index contributed by atoms with van der Waals surface area (Å²) >= 11 is 0. The second-order valence-corrected chi connectivity index (χ2v) is 14.7. The van der Waals surface area contributed by atoms with Gasteiger partial charge in [0, 0.05) is 22.1 Å². The second kappa shape index (κ2) is 12.0. The fourth-order valence-corrected chi connectivity index (χ4v) is 8.92. The predicted molar refractivity (Wildman–Crippen MR) is 233 cm³/mol. The van der Waals surface area contributed by atoms with Crippen LogP contribution in [0.4, 0.5) is 0 Å². The molecule has 0 aliphatic heterocycles. The summed E-state index contributed by atoms with van der Waals surface area (Å²) in [7, 11) is 0. The van der Waals surface area contributed by atoms with Gasteiger partial charge in [0.15, 0.2) is 0 Å². The first-order chi connectivity index (χ1) is 27.8. The van der Waals surface area contributed by atoms with Crippen LogP contribution in [-0.4, -0.2) is 17.9 Å². The van der Waals surface area contributed by atoms with Gasteiger partial charge in [0.1, 0.15) is 11.3 Å². The van der Waals surface area contributed by atoms with Gasteiger partial charge in [0.25, 0.3) is 0 Å². The number of hydrogen-bond donors (Lipinski definition) is 0. The minimum atomic E-state index is 1.15. The molecule has 0 saturated carbocycles. The van der Waals surface area contributed by atoms with Gasteiger partial charge in [0.05, 0.1) is 33.1 Å². The van der Waals surface area contributed by atoms with Crippen LogP contribution >= 0.6 is 0 Å². The van der Waals surface area contributed by atoms with Crippen molar-refractivity contribution in [3.63, 3.8) is 0 Å². The molecule has 0 aliphatic rings. The normalized spacial score (nSPS) is 11.9. The number of aromatic nitrogens is 4. The summed E-state index contributed by atoms with van der Waals surface area (Å²) in [6.07, 6.45) is 0. The number of imidazole rings is 2. The molecule has 0 spiro atoms. The zero-order chi connectivity index (χ0) is 36.7. The molecule has 12 rings (SSSR count). The summed E-state index contributed by atoms with van der Waals surface area (Å²) in [6.45, 7) is 0. The van der Waals surface area contributed by atoms with Crippen LogP contribution in [0.5, 0.6) is 0 Å². The van der Waals surface area contributed by atoms with E-state index in [2.05, 4.69) is 224 Å². The molecule has 4 heteroatoms. The van der Waals surface area contributed by atoms with Gasteiger partial charge in [-0.1, -0.05) is 127 Å². The van der Waals surface area contributed by atoms with Crippen molar-refractivity contribution in [2.24, 2.45) is 0 Å². The van der Waals surface area contributed by atoms with E-state index >= 15 is 0 Å². The molecular weight excluding hydrogens is 681 g/mol. The molecule has 4 nitrogen and oxygen atoms in total. The van der Waals surface area contributed by atoms with Crippen LogP contribution in [-0.2, 0) is 0 Å². The molecule has 262 valence electrons. The highest BCUT2D eigenvalue weighted by Crippen LogP contribution is 2.37. The molecule has 4 aromatic heterocycles. The summed E-state index contributed by atoms with van der Waals surface area (Å²) in [5, 5.41) is 2.44. The fraction of sp³-hybridized carbons (Fsp3) is 0. The van der Waals surface area contributed by atoms with E-state index in [9.17, 15) is 0 Å². The second-order valence-electron chi connectivity index (χ2n) is 14.7. The van der Waals surface area contributed by atoms with Gasteiger partial charge in [-0.15, -0.1) is 0 Å². The number of rotatable bonds is 5. The number of hydrogen-bond acceptors (Lipinski definition) is 0. The summed E-state index contributed by atoms with van der Waals surface area (Å²) in [6, 6.07) is 74.9. The van der Waals surface area contributed by atoms with Gasteiger partial charge >= 0.3 is 0 Å². The molecule has 0 fully saturated rings. The smallest absolute Gasteiger partial charge is 0.123 e. The molecule has 0 saturated heterocycles. The van der Waals surface area contributed by atoms with Crippen LogP contribution in [0.15, 0.2) is 206 Å². The van der Waals surface area contributed by atoms with Gasteiger partial charge < -0.3 is 0 Å². The molecule has 0 unspecified atom stereocenters. The van der Waals surface area contributed by atoms with Crippen LogP contribution in [0, 0.1) is 0 Å². The van der Waals surface area contributed by atoms with Gasteiger partial charge in [-0.3, -0.25) is 17.9 Å². The Morgan fingerprint density at radius 2 is 0.643 bits per heavy atom. The third-order valence-electron chi connectivity index (χ3n) is 11.6. The monoisotopic (exact) mass is 714 g/mol. The Kier molecular flexibility index (Phi) is 6.60. The molecular formula is C52H34N4. The maximum atomic E-state index is 2.42. The van der Waals surface area contributed by atoms with Gasteiger partial charge in [-0.05, 0) is 112 Å². The van der Waals surface area contributed by atoms with Gasteiger partial charge in [-0.2, -0.15) is 0 Å². The molecule has 12 aromatic rings. The van der Waals surface area contributed by atoms with E-state index in [1.165, 1.54) is 77.3 Å². The maximum absolute atomic E-state index is 2.42. The molecule has 4 heterocycles.